The Morgan fingerprint density at radius 2 is 2.44 bits per heavy atom. The summed E-state index contributed by atoms with van der Waals surface area (Å²) in [4.78, 5) is 6.13. The van der Waals surface area contributed by atoms with Gasteiger partial charge in [-0.15, -0.1) is 0 Å². The molecule has 100 valence electrons. The third-order valence-electron chi connectivity index (χ3n) is 3.06. The first-order chi connectivity index (χ1) is 8.72. The van der Waals surface area contributed by atoms with Crippen LogP contribution in [0.3, 0.4) is 0 Å². The Morgan fingerprint density at radius 3 is 3.17 bits per heavy atom. The predicted octanol–water partition coefficient (Wildman–Crippen LogP) is 1.56. The van der Waals surface area contributed by atoms with E-state index in [1.165, 1.54) is 0 Å². The number of anilines is 1. The van der Waals surface area contributed by atoms with Crippen molar-refractivity contribution in [1.29, 1.82) is 0 Å². The smallest absolute Gasteiger partial charge is 0.170 e. The monoisotopic (exact) mass is 253 g/mol. The van der Waals surface area contributed by atoms with Crippen molar-refractivity contribution in [2.45, 2.75) is 26.5 Å². The molecule has 1 aromatic heterocycles. The highest BCUT2D eigenvalue weighted by atomic mass is 19.1. The number of halogens is 1. The second-order valence-electron chi connectivity index (χ2n) is 4.52. The molecule has 1 unspecified atom stereocenters. The van der Waals surface area contributed by atoms with Crippen LogP contribution in [0.5, 0.6) is 0 Å². The Hall–Kier alpha value is -1.20. The maximum atomic E-state index is 14.3. The predicted molar refractivity (Wildman–Crippen MR) is 69.2 cm³/mol. The van der Waals surface area contributed by atoms with Crippen LogP contribution in [-0.2, 0) is 11.3 Å². The highest BCUT2D eigenvalue weighted by Gasteiger charge is 2.21. The van der Waals surface area contributed by atoms with Gasteiger partial charge in [-0.2, -0.15) is 0 Å². The molecule has 2 rings (SSSR count). The lowest BCUT2D eigenvalue weighted by molar-refractivity contribution is 0.0527. The van der Waals surface area contributed by atoms with Gasteiger partial charge in [0.25, 0.3) is 0 Å². The number of morpholine rings is 1. The minimum Gasteiger partial charge on any atom is -0.375 e. The molecule has 1 aliphatic rings. The van der Waals surface area contributed by atoms with Crippen LogP contribution in [0.4, 0.5) is 10.2 Å². The molecular formula is C13H20FN3O. The molecule has 4 nitrogen and oxygen atoms in total. The van der Waals surface area contributed by atoms with Gasteiger partial charge in [0.2, 0.25) is 0 Å². The Kier molecular flexibility index (Phi) is 4.49. The van der Waals surface area contributed by atoms with Crippen LogP contribution in [0.2, 0.25) is 0 Å². The zero-order valence-corrected chi connectivity index (χ0v) is 10.9. The molecule has 1 aromatic rings. The highest BCUT2D eigenvalue weighted by Crippen LogP contribution is 2.21. The van der Waals surface area contributed by atoms with Gasteiger partial charge in [0.05, 0.1) is 12.7 Å². The zero-order chi connectivity index (χ0) is 13.0. The van der Waals surface area contributed by atoms with E-state index in [0.717, 1.165) is 6.54 Å². The lowest BCUT2D eigenvalue weighted by Crippen LogP contribution is -2.42. The minimum atomic E-state index is -0.215. The number of nitrogens with zero attached hydrogens (tertiary/aromatic N) is 2. The number of ether oxygens (including phenoxy) is 1. The number of aromatic nitrogens is 1. The first kappa shape index (κ1) is 13.2. The van der Waals surface area contributed by atoms with Gasteiger partial charge < -0.3 is 15.0 Å². The maximum absolute atomic E-state index is 14.3. The number of nitrogens with one attached hydrogen (secondary N) is 1. The quantitative estimate of drug-likeness (QED) is 0.883. The van der Waals surface area contributed by atoms with E-state index in [0.29, 0.717) is 37.6 Å². The summed E-state index contributed by atoms with van der Waals surface area (Å²) < 4.78 is 19.8. The lowest BCUT2D eigenvalue weighted by Gasteiger charge is -2.32. The van der Waals surface area contributed by atoms with E-state index in [4.69, 9.17) is 4.74 Å². The molecule has 0 radical (unpaired) electrons. The van der Waals surface area contributed by atoms with Crippen LogP contribution in [0, 0.1) is 5.82 Å². The molecule has 0 aliphatic carbocycles. The standard InChI is InChI=1S/C13H20FN3O/c1-3-15-8-11-4-5-16-13(12(11)14)17-6-7-18-10(2)9-17/h4-5,10,15H,3,6-9H2,1-2H3. The summed E-state index contributed by atoms with van der Waals surface area (Å²) in [6, 6.07) is 1.73. The van der Waals surface area contributed by atoms with Crippen LogP contribution in [0.15, 0.2) is 12.3 Å². The van der Waals surface area contributed by atoms with Gasteiger partial charge in [0, 0.05) is 31.4 Å². The van der Waals surface area contributed by atoms with Crippen LogP contribution in [0.25, 0.3) is 0 Å². The fourth-order valence-corrected chi connectivity index (χ4v) is 2.10. The highest BCUT2D eigenvalue weighted by molar-refractivity contribution is 5.43. The molecular weight excluding hydrogens is 233 g/mol. The second kappa shape index (κ2) is 6.11. The lowest BCUT2D eigenvalue weighted by atomic mass is 10.2. The third-order valence-corrected chi connectivity index (χ3v) is 3.06. The molecule has 0 bridgehead atoms. The normalized spacial score (nSPS) is 20.2. The third kappa shape index (κ3) is 2.97. The fraction of sp³-hybridized carbons (Fsp3) is 0.615. The van der Waals surface area contributed by atoms with E-state index in [1.807, 2.05) is 18.7 Å². The van der Waals surface area contributed by atoms with E-state index >= 15 is 0 Å². The Balaban J connectivity index is 2.16. The van der Waals surface area contributed by atoms with E-state index in [1.54, 1.807) is 12.3 Å². The number of pyridine rings is 1. The van der Waals surface area contributed by atoms with Crippen molar-refractivity contribution >= 4 is 5.82 Å². The van der Waals surface area contributed by atoms with Crippen LogP contribution in [-0.4, -0.2) is 37.3 Å². The van der Waals surface area contributed by atoms with Crippen molar-refractivity contribution in [2.75, 3.05) is 31.1 Å². The summed E-state index contributed by atoms with van der Waals surface area (Å²) in [6.45, 7) is 7.37. The van der Waals surface area contributed by atoms with Crippen molar-refractivity contribution in [3.05, 3.63) is 23.6 Å². The second-order valence-corrected chi connectivity index (χ2v) is 4.52. The average molecular weight is 253 g/mol. The zero-order valence-electron chi connectivity index (χ0n) is 10.9. The van der Waals surface area contributed by atoms with E-state index in [2.05, 4.69) is 10.3 Å². The first-order valence-electron chi connectivity index (χ1n) is 6.43. The summed E-state index contributed by atoms with van der Waals surface area (Å²) in [5.41, 5.74) is 0.668. The van der Waals surface area contributed by atoms with Gasteiger partial charge in [-0.25, -0.2) is 9.37 Å². The van der Waals surface area contributed by atoms with E-state index in [-0.39, 0.29) is 11.9 Å². The van der Waals surface area contributed by atoms with Gasteiger partial charge in [-0.1, -0.05) is 6.92 Å². The number of hydrogen-bond acceptors (Lipinski definition) is 4. The van der Waals surface area contributed by atoms with Crippen molar-refractivity contribution < 1.29 is 9.13 Å². The summed E-state index contributed by atoms with van der Waals surface area (Å²) in [5.74, 6) is 0.230. The van der Waals surface area contributed by atoms with Crippen LogP contribution in [0.1, 0.15) is 19.4 Å². The van der Waals surface area contributed by atoms with Gasteiger partial charge in [-0.3, -0.25) is 0 Å². The van der Waals surface area contributed by atoms with Gasteiger partial charge in [0.15, 0.2) is 11.6 Å². The summed E-state index contributed by atoms with van der Waals surface area (Å²) >= 11 is 0. The molecule has 0 amide bonds. The Bertz CT molecular complexity index is 400. The molecule has 1 fully saturated rings. The van der Waals surface area contributed by atoms with Gasteiger partial charge >= 0.3 is 0 Å². The molecule has 5 heteroatoms. The van der Waals surface area contributed by atoms with Crippen LogP contribution < -0.4 is 10.2 Å². The van der Waals surface area contributed by atoms with E-state index < -0.39 is 0 Å². The molecule has 1 atom stereocenters. The first-order valence-corrected chi connectivity index (χ1v) is 6.43. The Morgan fingerprint density at radius 1 is 1.61 bits per heavy atom. The molecule has 1 N–H and O–H groups in total. The molecule has 18 heavy (non-hydrogen) atoms. The molecule has 0 spiro atoms. The summed E-state index contributed by atoms with van der Waals surface area (Å²) in [7, 11) is 0. The summed E-state index contributed by atoms with van der Waals surface area (Å²) in [5, 5.41) is 3.13. The van der Waals surface area contributed by atoms with Gasteiger partial charge in [-0.05, 0) is 19.5 Å². The van der Waals surface area contributed by atoms with Crippen molar-refractivity contribution in [1.82, 2.24) is 10.3 Å². The van der Waals surface area contributed by atoms with E-state index in [9.17, 15) is 4.39 Å². The Labute approximate surface area is 107 Å². The fourth-order valence-electron chi connectivity index (χ4n) is 2.10. The van der Waals surface area contributed by atoms with Crippen molar-refractivity contribution in [3.8, 4) is 0 Å². The SMILES string of the molecule is CCNCc1ccnc(N2CCOC(C)C2)c1F. The molecule has 2 heterocycles. The topological polar surface area (TPSA) is 37.4 Å². The average Bonchev–Trinajstić information content (AvgIpc) is 2.37. The molecule has 0 aromatic carbocycles. The maximum Gasteiger partial charge on any atom is 0.170 e. The molecule has 1 saturated heterocycles. The van der Waals surface area contributed by atoms with Crippen molar-refractivity contribution in [3.63, 3.8) is 0 Å². The molecule has 1 aliphatic heterocycles. The van der Waals surface area contributed by atoms with Crippen molar-refractivity contribution in [2.24, 2.45) is 0 Å². The van der Waals surface area contributed by atoms with Gasteiger partial charge in [0.1, 0.15) is 0 Å². The van der Waals surface area contributed by atoms with Crippen LogP contribution >= 0.6 is 0 Å². The number of rotatable bonds is 4. The number of hydrogen-bond donors (Lipinski definition) is 1. The molecule has 0 saturated carbocycles. The minimum absolute atomic E-state index is 0.123. The summed E-state index contributed by atoms with van der Waals surface area (Å²) in [6.07, 6.45) is 1.79. The largest absolute Gasteiger partial charge is 0.375 e.